The number of hydrogen-bond donors (Lipinski definition) is 3. The van der Waals surface area contributed by atoms with Gasteiger partial charge in [-0.15, -0.1) is 0 Å². The Kier molecular flexibility index (Phi) is 2.66. The molecule has 1 aromatic rings. The van der Waals surface area contributed by atoms with Gasteiger partial charge in [0.2, 0.25) is 0 Å². The van der Waals surface area contributed by atoms with E-state index in [1.54, 1.807) is 18.2 Å². The Hall–Kier alpha value is -1.08. The van der Waals surface area contributed by atoms with Crippen molar-refractivity contribution < 1.29 is 23.9 Å². The van der Waals surface area contributed by atoms with Gasteiger partial charge in [0.05, 0.1) is 0 Å². The van der Waals surface area contributed by atoms with Gasteiger partial charge in [0.1, 0.15) is 13.2 Å². The van der Waals surface area contributed by atoms with Crippen LogP contribution in [-0.2, 0) is 6.04 Å². The minimum absolute atomic E-state index is 0.135. The molecule has 0 atom stereocenters. The summed E-state index contributed by atoms with van der Waals surface area (Å²) in [5.41, 5.74) is 0.624. The van der Waals surface area contributed by atoms with Crippen LogP contribution in [0.25, 0.3) is 0 Å². The minimum Gasteiger partial charge on any atom is -0.486 e. The number of ether oxygens (including phenoxy) is 2. The Morgan fingerprint density at radius 2 is 1.73 bits per heavy atom. The highest BCUT2D eigenvalue weighted by Crippen LogP contribution is 2.31. The second-order valence-corrected chi connectivity index (χ2v) is 5.33. The van der Waals surface area contributed by atoms with Crippen molar-refractivity contribution in [2.75, 3.05) is 13.2 Å². The molecule has 3 N–H and O–H groups in total. The molecule has 82 valence electrons. The molecular weight excluding hydrogens is 216 g/mol. The van der Waals surface area contributed by atoms with E-state index in [1.807, 2.05) is 0 Å². The lowest BCUT2D eigenvalue weighted by molar-refractivity contribution is 0.171. The lowest BCUT2D eigenvalue weighted by Gasteiger charge is -2.19. The Labute approximate surface area is 87.9 Å². The monoisotopic (exact) mass is 228 g/mol. The number of fused-ring (bicyclic) bond motifs is 1. The molecule has 2 rings (SSSR count). The molecule has 1 aliphatic heterocycles. The summed E-state index contributed by atoms with van der Waals surface area (Å²) in [7, 11) is -4.04. The molecule has 0 aromatic heterocycles. The van der Waals surface area contributed by atoms with Crippen molar-refractivity contribution in [1.29, 1.82) is 0 Å². The van der Waals surface area contributed by atoms with Crippen LogP contribution in [0.1, 0.15) is 5.56 Å². The molecule has 1 heterocycles. The van der Waals surface area contributed by atoms with E-state index in [2.05, 4.69) is 0 Å². The summed E-state index contributed by atoms with van der Waals surface area (Å²) in [6.45, 7) is 1.00. The normalized spacial score (nSPS) is 15.1. The van der Waals surface area contributed by atoms with Crippen LogP contribution in [0.4, 0.5) is 0 Å². The first kappa shape index (κ1) is 10.4. The maximum Gasteiger partial charge on any atom is 0.497 e. The van der Waals surface area contributed by atoms with Crippen LogP contribution < -0.4 is 9.47 Å². The molecule has 15 heavy (non-hydrogen) atoms. The van der Waals surface area contributed by atoms with Crippen LogP contribution in [-0.4, -0.2) is 36.4 Å². The van der Waals surface area contributed by atoms with Crippen molar-refractivity contribution in [1.82, 2.24) is 0 Å². The smallest absolute Gasteiger partial charge is 0.486 e. The largest absolute Gasteiger partial charge is 0.497 e. The maximum atomic E-state index is 8.95. The number of hydrogen-bond acceptors (Lipinski definition) is 5. The summed E-state index contributed by atoms with van der Waals surface area (Å²) < 4.78 is 10.6. The van der Waals surface area contributed by atoms with Crippen LogP contribution in [0.5, 0.6) is 11.5 Å². The first-order valence-electron chi connectivity index (χ1n) is 4.60. The summed E-state index contributed by atoms with van der Waals surface area (Å²) in [5.74, 6) is 1.23. The Bertz CT molecular complexity index is 360. The van der Waals surface area contributed by atoms with Gasteiger partial charge >= 0.3 is 8.80 Å². The van der Waals surface area contributed by atoms with Gasteiger partial charge in [0, 0.05) is 6.04 Å². The summed E-state index contributed by atoms with van der Waals surface area (Å²) in [4.78, 5) is 26.9. The second kappa shape index (κ2) is 3.82. The fourth-order valence-electron chi connectivity index (χ4n) is 1.47. The molecule has 0 saturated carbocycles. The van der Waals surface area contributed by atoms with Crippen molar-refractivity contribution in [3.8, 4) is 11.5 Å². The van der Waals surface area contributed by atoms with Crippen molar-refractivity contribution in [2.45, 2.75) is 6.04 Å². The van der Waals surface area contributed by atoms with E-state index in [0.717, 1.165) is 0 Å². The molecule has 0 bridgehead atoms. The molecule has 5 nitrogen and oxygen atoms in total. The van der Waals surface area contributed by atoms with Gasteiger partial charge < -0.3 is 23.9 Å². The first-order valence-corrected chi connectivity index (χ1v) is 6.65. The predicted molar refractivity (Wildman–Crippen MR) is 53.5 cm³/mol. The fourth-order valence-corrected chi connectivity index (χ4v) is 2.24. The molecule has 0 unspecified atom stereocenters. The molecule has 0 fully saturated rings. The summed E-state index contributed by atoms with van der Waals surface area (Å²) in [6.07, 6.45) is 0. The van der Waals surface area contributed by atoms with Gasteiger partial charge in [-0.25, -0.2) is 0 Å². The topological polar surface area (TPSA) is 79.2 Å². The molecule has 1 aliphatic rings. The van der Waals surface area contributed by atoms with E-state index in [9.17, 15) is 0 Å². The van der Waals surface area contributed by atoms with Gasteiger partial charge in [0.15, 0.2) is 11.5 Å². The number of benzene rings is 1. The molecule has 0 spiro atoms. The van der Waals surface area contributed by atoms with Crippen LogP contribution in [0.15, 0.2) is 18.2 Å². The summed E-state index contributed by atoms with van der Waals surface area (Å²) >= 11 is 0. The van der Waals surface area contributed by atoms with Crippen molar-refractivity contribution in [3.63, 3.8) is 0 Å². The minimum atomic E-state index is -4.04. The molecule has 0 aliphatic carbocycles. The fraction of sp³-hybridized carbons (Fsp3) is 0.333. The molecule has 0 saturated heterocycles. The standard InChI is InChI=1S/C9H12O5Si/c10-15(11,12)6-7-1-2-8-9(5-7)14-4-3-13-8/h1-2,5,10-12H,3-4,6H2. The Balaban J connectivity index is 2.21. The highest BCUT2D eigenvalue weighted by Gasteiger charge is 2.27. The summed E-state index contributed by atoms with van der Waals surface area (Å²) in [6, 6.07) is 4.89. The first-order chi connectivity index (χ1) is 7.04. The SMILES string of the molecule is O[Si](O)(O)Cc1ccc2c(c1)OCCO2. The van der Waals surface area contributed by atoms with Crippen LogP contribution in [0, 0.1) is 0 Å². The van der Waals surface area contributed by atoms with Crippen molar-refractivity contribution >= 4 is 8.80 Å². The highest BCUT2D eigenvalue weighted by atomic mass is 28.4. The van der Waals surface area contributed by atoms with Crippen LogP contribution in [0.3, 0.4) is 0 Å². The van der Waals surface area contributed by atoms with Gasteiger partial charge in [-0.3, -0.25) is 0 Å². The Morgan fingerprint density at radius 3 is 2.40 bits per heavy atom. The van der Waals surface area contributed by atoms with E-state index in [4.69, 9.17) is 23.9 Å². The van der Waals surface area contributed by atoms with E-state index >= 15 is 0 Å². The average molecular weight is 228 g/mol. The molecule has 0 amide bonds. The second-order valence-electron chi connectivity index (χ2n) is 3.43. The van der Waals surface area contributed by atoms with Gasteiger partial charge in [0.25, 0.3) is 0 Å². The third kappa shape index (κ3) is 2.69. The van der Waals surface area contributed by atoms with Crippen molar-refractivity contribution in [3.05, 3.63) is 23.8 Å². The van der Waals surface area contributed by atoms with E-state index in [0.29, 0.717) is 30.3 Å². The molecule has 0 radical (unpaired) electrons. The lowest BCUT2D eigenvalue weighted by atomic mass is 10.2. The van der Waals surface area contributed by atoms with E-state index in [-0.39, 0.29) is 6.04 Å². The van der Waals surface area contributed by atoms with Gasteiger partial charge in [-0.2, -0.15) is 0 Å². The third-order valence-electron chi connectivity index (χ3n) is 2.05. The number of rotatable bonds is 2. The van der Waals surface area contributed by atoms with Crippen LogP contribution >= 0.6 is 0 Å². The molecular formula is C9H12O5Si. The Morgan fingerprint density at radius 1 is 1.07 bits per heavy atom. The zero-order valence-corrected chi connectivity index (χ0v) is 9.01. The highest BCUT2D eigenvalue weighted by molar-refractivity contribution is 6.55. The van der Waals surface area contributed by atoms with E-state index in [1.165, 1.54) is 0 Å². The zero-order valence-electron chi connectivity index (χ0n) is 8.01. The molecule has 6 heteroatoms. The maximum absolute atomic E-state index is 8.95. The predicted octanol–water partition coefficient (Wildman–Crippen LogP) is -0.545. The summed E-state index contributed by atoms with van der Waals surface area (Å²) in [5, 5.41) is 0. The van der Waals surface area contributed by atoms with Gasteiger partial charge in [-0.1, -0.05) is 6.07 Å². The lowest BCUT2D eigenvalue weighted by Crippen LogP contribution is -2.37. The van der Waals surface area contributed by atoms with E-state index < -0.39 is 8.80 Å². The van der Waals surface area contributed by atoms with Crippen LogP contribution in [0.2, 0.25) is 0 Å². The van der Waals surface area contributed by atoms with Crippen molar-refractivity contribution in [2.24, 2.45) is 0 Å². The quantitative estimate of drug-likeness (QED) is 0.592. The average Bonchev–Trinajstić information content (AvgIpc) is 2.15. The third-order valence-corrected chi connectivity index (χ3v) is 2.93. The molecule has 1 aromatic carbocycles. The van der Waals surface area contributed by atoms with Gasteiger partial charge in [-0.05, 0) is 17.7 Å². The zero-order chi connectivity index (χ0) is 10.9.